The van der Waals surface area contributed by atoms with Crippen molar-refractivity contribution in [3.8, 4) is 0 Å². The van der Waals surface area contributed by atoms with E-state index in [1.807, 2.05) is 6.07 Å². The highest BCUT2D eigenvalue weighted by molar-refractivity contribution is 6.31. The molecule has 128 valence electrons. The van der Waals surface area contributed by atoms with Gasteiger partial charge < -0.3 is 24.8 Å². The van der Waals surface area contributed by atoms with E-state index in [0.29, 0.717) is 13.2 Å². The number of anilines is 1. The number of aliphatic hydroxyl groups excluding tert-OH is 1. The van der Waals surface area contributed by atoms with Crippen LogP contribution in [0.15, 0.2) is 18.2 Å². The molecule has 0 aliphatic carbocycles. The third kappa shape index (κ3) is 3.80. The monoisotopic (exact) mass is 340 g/mol. The summed E-state index contributed by atoms with van der Waals surface area (Å²) in [4.78, 5) is 2.30. The predicted octanol–water partition coefficient (Wildman–Crippen LogP) is 1.84. The van der Waals surface area contributed by atoms with Gasteiger partial charge in [-0.15, -0.1) is 0 Å². The first-order valence-corrected chi connectivity index (χ1v) is 8.55. The number of nitrogens with zero attached hydrogens (tertiary/aromatic N) is 1. The minimum atomic E-state index is -0.130. The fraction of sp³-hybridized carbons (Fsp3) is 0.647. The molecule has 0 saturated carbocycles. The predicted molar refractivity (Wildman–Crippen MR) is 91.2 cm³/mol. The summed E-state index contributed by atoms with van der Waals surface area (Å²) < 4.78 is 10.6. The van der Waals surface area contributed by atoms with E-state index in [9.17, 15) is 5.11 Å². The maximum absolute atomic E-state index is 9.49. The van der Waals surface area contributed by atoms with Crippen LogP contribution in [0.4, 0.5) is 5.69 Å². The lowest BCUT2D eigenvalue weighted by Gasteiger charge is -2.40. The lowest BCUT2D eigenvalue weighted by Crippen LogP contribution is -2.52. The van der Waals surface area contributed by atoms with Gasteiger partial charge in [0.1, 0.15) is 0 Å². The van der Waals surface area contributed by atoms with Crippen molar-refractivity contribution in [2.24, 2.45) is 5.41 Å². The minimum absolute atomic E-state index is 0.130. The molecule has 3 rings (SSSR count). The molecule has 2 fully saturated rings. The Morgan fingerprint density at radius 2 is 2.04 bits per heavy atom. The van der Waals surface area contributed by atoms with Crippen LogP contribution < -0.4 is 10.2 Å². The molecule has 2 N–H and O–H groups in total. The first-order valence-electron chi connectivity index (χ1n) is 8.18. The van der Waals surface area contributed by atoms with Crippen LogP contribution in [0.2, 0.25) is 5.02 Å². The molecule has 1 aromatic rings. The zero-order valence-corrected chi connectivity index (χ0v) is 14.3. The minimum Gasteiger partial charge on any atom is -0.396 e. The molecule has 1 atom stereocenters. The van der Waals surface area contributed by atoms with Gasteiger partial charge in [0.15, 0.2) is 0 Å². The summed E-state index contributed by atoms with van der Waals surface area (Å²) in [5, 5.41) is 13.7. The van der Waals surface area contributed by atoms with Crippen LogP contribution in [0.1, 0.15) is 18.5 Å². The molecule has 1 unspecified atom stereocenters. The largest absolute Gasteiger partial charge is 0.396 e. The number of halogens is 1. The van der Waals surface area contributed by atoms with E-state index in [2.05, 4.69) is 29.3 Å². The van der Waals surface area contributed by atoms with Gasteiger partial charge in [-0.2, -0.15) is 0 Å². The zero-order chi connectivity index (χ0) is 16.3. The third-order valence-electron chi connectivity index (χ3n) is 4.76. The van der Waals surface area contributed by atoms with Crippen LogP contribution in [-0.4, -0.2) is 57.8 Å². The summed E-state index contributed by atoms with van der Waals surface area (Å²) in [6, 6.07) is 6.38. The Kier molecular flexibility index (Phi) is 5.44. The number of morpholine rings is 1. The first kappa shape index (κ1) is 17.0. The number of benzene rings is 1. The van der Waals surface area contributed by atoms with Gasteiger partial charge in [0.2, 0.25) is 0 Å². The van der Waals surface area contributed by atoms with Crippen molar-refractivity contribution in [2.45, 2.75) is 13.0 Å². The molecule has 2 aliphatic heterocycles. The normalized spacial score (nSPS) is 21.8. The third-order valence-corrected chi connectivity index (χ3v) is 5.09. The molecule has 0 radical (unpaired) electrons. The Hall–Kier alpha value is -0.850. The zero-order valence-electron chi connectivity index (χ0n) is 13.6. The number of nitrogens with one attached hydrogen (secondary N) is 1. The second-order valence-corrected chi connectivity index (χ2v) is 6.97. The average molecular weight is 341 g/mol. The molecular weight excluding hydrogens is 316 g/mol. The standard InChI is InChI=1S/C17H25ClN2O3/c1-13(19-9-17(10-21)11-23-12-17)15-3-2-14(8-16(15)18)20-4-6-22-7-5-20/h2-3,8,13,19,21H,4-7,9-12H2,1H3. The summed E-state index contributed by atoms with van der Waals surface area (Å²) in [5.41, 5.74) is 2.10. The van der Waals surface area contributed by atoms with E-state index in [-0.39, 0.29) is 18.1 Å². The fourth-order valence-corrected chi connectivity index (χ4v) is 3.34. The first-order chi connectivity index (χ1) is 11.1. The highest BCUT2D eigenvalue weighted by Gasteiger charge is 2.38. The van der Waals surface area contributed by atoms with E-state index < -0.39 is 0 Å². The van der Waals surface area contributed by atoms with Gasteiger partial charge >= 0.3 is 0 Å². The molecule has 0 amide bonds. The van der Waals surface area contributed by atoms with Crippen molar-refractivity contribution in [3.63, 3.8) is 0 Å². The summed E-state index contributed by atoms with van der Waals surface area (Å²) in [6.07, 6.45) is 0. The van der Waals surface area contributed by atoms with Crippen LogP contribution >= 0.6 is 11.6 Å². The van der Waals surface area contributed by atoms with E-state index in [1.54, 1.807) is 0 Å². The summed E-state index contributed by atoms with van der Waals surface area (Å²) in [5.74, 6) is 0. The number of hydrogen-bond donors (Lipinski definition) is 2. The van der Waals surface area contributed by atoms with Crippen molar-refractivity contribution in [1.82, 2.24) is 5.32 Å². The molecule has 0 bridgehead atoms. The Morgan fingerprint density at radius 3 is 2.61 bits per heavy atom. The molecule has 2 aliphatic rings. The molecule has 0 aromatic heterocycles. The summed E-state index contributed by atoms with van der Waals surface area (Å²) in [6.45, 7) is 7.55. The van der Waals surface area contributed by atoms with Gasteiger partial charge in [0.25, 0.3) is 0 Å². The van der Waals surface area contributed by atoms with Crippen LogP contribution in [0.3, 0.4) is 0 Å². The molecule has 2 heterocycles. The van der Waals surface area contributed by atoms with Crippen LogP contribution in [0.5, 0.6) is 0 Å². The average Bonchev–Trinajstić information content (AvgIpc) is 2.55. The molecule has 2 saturated heterocycles. The van der Waals surface area contributed by atoms with Crippen molar-refractivity contribution < 1.29 is 14.6 Å². The fourth-order valence-electron chi connectivity index (χ4n) is 3.01. The molecule has 5 nitrogen and oxygen atoms in total. The SMILES string of the molecule is CC(NCC1(CO)COC1)c1ccc(N2CCOCC2)cc1Cl. The van der Waals surface area contributed by atoms with Gasteiger partial charge in [0, 0.05) is 36.4 Å². The maximum atomic E-state index is 9.49. The Morgan fingerprint density at radius 1 is 1.30 bits per heavy atom. The summed E-state index contributed by atoms with van der Waals surface area (Å²) >= 11 is 6.50. The molecule has 6 heteroatoms. The van der Waals surface area contributed by atoms with Crippen molar-refractivity contribution in [1.29, 1.82) is 0 Å². The highest BCUT2D eigenvalue weighted by atomic mass is 35.5. The van der Waals surface area contributed by atoms with Gasteiger partial charge in [-0.3, -0.25) is 0 Å². The Labute approximate surface area is 142 Å². The smallest absolute Gasteiger partial charge is 0.0642 e. The molecule has 0 spiro atoms. The molecule has 1 aromatic carbocycles. The number of aliphatic hydroxyl groups is 1. The second kappa shape index (κ2) is 7.36. The van der Waals surface area contributed by atoms with Crippen LogP contribution in [0, 0.1) is 5.41 Å². The van der Waals surface area contributed by atoms with E-state index in [4.69, 9.17) is 21.1 Å². The topological polar surface area (TPSA) is 54.0 Å². The van der Waals surface area contributed by atoms with Crippen molar-refractivity contribution in [2.75, 3.05) is 57.6 Å². The van der Waals surface area contributed by atoms with Crippen molar-refractivity contribution >= 4 is 17.3 Å². The second-order valence-electron chi connectivity index (χ2n) is 6.56. The molecular formula is C17H25ClN2O3. The van der Waals surface area contributed by atoms with Crippen molar-refractivity contribution in [3.05, 3.63) is 28.8 Å². The number of ether oxygens (including phenoxy) is 2. The van der Waals surface area contributed by atoms with Crippen LogP contribution in [-0.2, 0) is 9.47 Å². The number of rotatable bonds is 6. The number of hydrogen-bond acceptors (Lipinski definition) is 5. The van der Waals surface area contributed by atoms with Gasteiger partial charge in [0.05, 0.1) is 38.4 Å². The summed E-state index contributed by atoms with van der Waals surface area (Å²) in [7, 11) is 0. The lowest BCUT2D eigenvalue weighted by atomic mass is 9.86. The van der Waals surface area contributed by atoms with Gasteiger partial charge in [-0.25, -0.2) is 0 Å². The Balaban J connectivity index is 1.62. The lowest BCUT2D eigenvalue weighted by molar-refractivity contribution is -0.135. The highest BCUT2D eigenvalue weighted by Crippen LogP contribution is 2.30. The molecule has 23 heavy (non-hydrogen) atoms. The van der Waals surface area contributed by atoms with E-state index >= 15 is 0 Å². The van der Waals surface area contributed by atoms with Crippen LogP contribution in [0.25, 0.3) is 0 Å². The quantitative estimate of drug-likeness (QED) is 0.827. The van der Waals surface area contributed by atoms with Gasteiger partial charge in [-0.1, -0.05) is 17.7 Å². The maximum Gasteiger partial charge on any atom is 0.0642 e. The van der Waals surface area contributed by atoms with E-state index in [1.165, 1.54) is 0 Å². The Bertz CT molecular complexity index is 525. The van der Waals surface area contributed by atoms with E-state index in [0.717, 1.165) is 49.1 Å². The van der Waals surface area contributed by atoms with Gasteiger partial charge in [-0.05, 0) is 24.6 Å².